The van der Waals surface area contributed by atoms with Gasteiger partial charge < -0.3 is 10.5 Å². The Labute approximate surface area is 113 Å². The number of halogens is 1. The Morgan fingerprint density at radius 3 is 2.74 bits per heavy atom. The number of nitriles is 1. The zero-order valence-electron chi connectivity index (χ0n) is 11.0. The van der Waals surface area contributed by atoms with E-state index in [1.54, 1.807) is 0 Å². The van der Waals surface area contributed by atoms with Crippen LogP contribution in [0, 0.1) is 17.1 Å². The molecule has 0 atom stereocenters. The standard InChI is InChI=1S/C15H19FN2O/c16-14-5-4-12(9-17)8-13(14)10-19-11-15(18)6-2-1-3-7-15/h4-5,8H,1-3,6-7,10-11,18H2. The van der Waals surface area contributed by atoms with Crippen LogP contribution in [-0.2, 0) is 11.3 Å². The number of nitrogens with zero attached hydrogens (tertiary/aromatic N) is 1. The van der Waals surface area contributed by atoms with Crippen LogP contribution < -0.4 is 5.73 Å². The molecule has 0 spiro atoms. The number of hydrogen-bond acceptors (Lipinski definition) is 3. The molecule has 0 unspecified atom stereocenters. The predicted molar refractivity (Wildman–Crippen MR) is 70.8 cm³/mol. The van der Waals surface area contributed by atoms with Crippen LogP contribution in [-0.4, -0.2) is 12.1 Å². The Bertz CT molecular complexity index is 476. The molecule has 0 heterocycles. The Balaban J connectivity index is 1.90. The van der Waals surface area contributed by atoms with E-state index in [-0.39, 0.29) is 18.0 Å². The molecule has 1 fully saturated rings. The maximum absolute atomic E-state index is 13.5. The summed E-state index contributed by atoms with van der Waals surface area (Å²) >= 11 is 0. The average Bonchev–Trinajstić information content (AvgIpc) is 2.41. The molecule has 0 amide bonds. The van der Waals surface area contributed by atoms with Gasteiger partial charge in [0.2, 0.25) is 0 Å². The first kappa shape index (κ1) is 14.0. The molecule has 19 heavy (non-hydrogen) atoms. The number of nitrogens with two attached hydrogens (primary N) is 1. The van der Waals surface area contributed by atoms with Crippen molar-refractivity contribution in [2.75, 3.05) is 6.61 Å². The summed E-state index contributed by atoms with van der Waals surface area (Å²) in [4.78, 5) is 0. The number of ether oxygens (including phenoxy) is 1. The molecule has 0 radical (unpaired) electrons. The average molecular weight is 262 g/mol. The largest absolute Gasteiger partial charge is 0.375 e. The number of hydrogen-bond donors (Lipinski definition) is 1. The molecule has 102 valence electrons. The van der Waals surface area contributed by atoms with E-state index in [9.17, 15) is 4.39 Å². The molecule has 1 aliphatic carbocycles. The summed E-state index contributed by atoms with van der Waals surface area (Å²) in [6.07, 6.45) is 5.44. The van der Waals surface area contributed by atoms with Gasteiger partial charge >= 0.3 is 0 Å². The third-order valence-corrected chi connectivity index (χ3v) is 3.67. The monoisotopic (exact) mass is 262 g/mol. The molecule has 0 saturated heterocycles. The lowest BCUT2D eigenvalue weighted by atomic mass is 9.83. The molecular formula is C15H19FN2O. The molecule has 3 nitrogen and oxygen atoms in total. The highest BCUT2D eigenvalue weighted by atomic mass is 19.1. The molecule has 4 heteroatoms. The zero-order valence-corrected chi connectivity index (χ0v) is 11.0. The SMILES string of the molecule is N#Cc1ccc(F)c(COCC2(N)CCCCC2)c1. The highest BCUT2D eigenvalue weighted by Gasteiger charge is 2.27. The third-order valence-electron chi connectivity index (χ3n) is 3.67. The maximum atomic E-state index is 13.5. The fourth-order valence-corrected chi connectivity index (χ4v) is 2.52. The van der Waals surface area contributed by atoms with Crippen LogP contribution in [0.5, 0.6) is 0 Å². The van der Waals surface area contributed by atoms with Crippen molar-refractivity contribution in [2.24, 2.45) is 5.73 Å². The van der Waals surface area contributed by atoms with E-state index in [2.05, 4.69) is 0 Å². The van der Waals surface area contributed by atoms with Gasteiger partial charge in [0.1, 0.15) is 5.82 Å². The Hall–Kier alpha value is -1.44. The first-order valence-corrected chi connectivity index (χ1v) is 6.68. The van der Waals surface area contributed by atoms with Gasteiger partial charge in [0.25, 0.3) is 0 Å². The molecular weight excluding hydrogens is 243 g/mol. The normalized spacial score (nSPS) is 17.9. The fourth-order valence-electron chi connectivity index (χ4n) is 2.52. The third kappa shape index (κ3) is 3.76. The van der Waals surface area contributed by atoms with E-state index < -0.39 is 0 Å². The van der Waals surface area contributed by atoms with Crippen LogP contribution in [0.2, 0.25) is 0 Å². The van der Waals surface area contributed by atoms with E-state index in [1.807, 2.05) is 6.07 Å². The van der Waals surface area contributed by atoms with Crippen molar-refractivity contribution in [2.45, 2.75) is 44.2 Å². The summed E-state index contributed by atoms with van der Waals surface area (Å²) in [7, 11) is 0. The Morgan fingerprint density at radius 1 is 1.32 bits per heavy atom. The summed E-state index contributed by atoms with van der Waals surface area (Å²) in [6.45, 7) is 0.615. The molecule has 0 bridgehead atoms. The first-order valence-electron chi connectivity index (χ1n) is 6.68. The van der Waals surface area contributed by atoms with Crippen LogP contribution in [0.15, 0.2) is 18.2 Å². The lowest BCUT2D eigenvalue weighted by Crippen LogP contribution is -2.46. The van der Waals surface area contributed by atoms with Gasteiger partial charge in [-0.3, -0.25) is 0 Å². The molecule has 2 N–H and O–H groups in total. The minimum absolute atomic E-state index is 0.167. The molecule has 0 aliphatic heterocycles. The summed E-state index contributed by atoms with van der Waals surface area (Å²) < 4.78 is 19.1. The van der Waals surface area contributed by atoms with Crippen LogP contribution >= 0.6 is 0 Å². The van der Waals surface area contributed by atoms with Gasteiger partial charge in [-0.05, 0) is 31.0 Å². The van der Waals surface area contributed by atoms with Gasteiger partial charge in [0, 0.05) is 11.1 Å². The smallest absolute Gasteiger partial charge is 0.128 e. The van der Waals surface area contributed by atoms with Gasteiger partial charge in [-0.1, -0.05) is 19.3 Å². The van der Waals surface area contributed by atoms with Crippen molar-refractivity contribution in [3.63, 3.8) is 0 Å². The van der Waals surface area contributed by atoms with E-state index in [4.69, 9.17) is 15.7 Å². The van der Waals surface area contributed by atoms with Crippen LogP contribution in [0.1, 0.15) is 43.2 Å². The predicted octanol–water partition coefficient (Wildman–Crippen LogP) is 2.88. The minimum atomic E-state index is -0.339. The molecule has 1 aromatic carbocycles. The van der Waals surface area contributed by atoms with Crippen molar-refractivity contribution in [1.29, 1.82) is 5.26 Å². The van der Waals surface area contributed by atoms with Crippen molar-refractivity contribution >= 4 is 0 Å². The number of rotatable bonds is 4. The van der Waals surface area contributed by atoms with Crippen molar-refractivity contribution in [3.05, 3.63) is 35.1 Å². The van der Waals surface area contributed by atoms with Crippen molar-refractivity contribution < 1.29 is 9.13 Å². The molecule has 1 saturated carbocycles. The Kier molecular flexibility index (Phi) is 4.52. The minimum Gasteiger partial charge on any atom is -0.375 e. The molecule has 1 aromatic rings. The topological polar surface area (TPSA) is 59.0 Å². The zero-order chi connectivity index (χ0) is 13.7. The summed E-state index contributed by atoms with van der Waals surface area (Å²) in [6, 6.07) is 6.29. The summed E-state index contributed by atoms with van der Waals surface area (Å²) in [5, 5.41) is 8.79. The first-order chi connectivity index (χ1) is 9.13. The lowest BCUT2D eigenvalue weighted by Gasteiger charge is -2.33. The fraction of sp³-hybridized carbons (Fsp3) is 0.533. The molecule has 0 aromatic heterocycles. The van der Waals surface area contributed by atoms with Crippen molar-refractivity contribution in [1.82, 2.24) is 0 Å². The summed E-state index contributed by atoms with van der Waals surface area (Å²) in [5.41, 5.74) is 6.84. The van der Waals surface area contributed by atoms with Gasteiger partial charge in [-0.25, -0.2) is 4.39 Å². The molecule has 1 aliphatic rings. The van der Waals surface area contributed by atoms with E-state index >= 15 is 0 Å². The van der Waals surface area contributed by atoms with Crippen molar-refractivity contribution in [3.8, 4) is 6.07 Å². The summed E-state index contributed by atoms with van der Waals surface area (Å²) in [5.74, 6) is -0.339. The highest BCUT2D eigenvalue weighted by molar-refractivity contribution is 5.33. The van der Waals surface area contributed by atoms with Crippen LogP contribution in [0.4, 0.5) is 4.39 Å². The second-order valence-electron chi connectivity index (χ2n) is 5.33. The van der Waals surface area contributed by atoms with Gasteiger partial charge in [-0.2, -0.15) is 5.26 Å². The van der Waals surface area contributed by atoms with E-state index in [1.165, 1.54) is 24.6 Å². The lowest BCUT2D eigenvalue weighted by molar-refractivity contribution is 0.0560. The van der Waals surface area contributed by atoms with Gasteiger partial charge in [0.15, 0.2) is 0 Å². The van der Waals surface area contributed by atoms with Crippen LogP contribution in [0.25, 0.3) is 0 Å². The van der Waals surface area contributed by atoms with Gasteiger partial charge in [-0.15, -0.1) is 0 Å². The van der Waals surface area contributed by atoms with Crippen LogP contribution in [0.3, 0.4) is 0 Å². The van der Waals surface area contributed by atoms with E-state index in [0.29, 0.717) is 17.7 Å². The van der Waals surface area contributed by atoms with E-state index in [0.717, 1.165) is 25.7 Å². The molecule has 2 rings (SSSR count). The quantitative estimate of drug-likeness (QED) is 0.907. The second kappa shape index (κ2) is 6.14. The Morgan fingerprint density at radius 2 is 2.05 bits per heavy atom. The maximum Gasteiger partial charge on any atom is 0.128 e. The highest BCUT2D eigenvalue weighted by Crippen LogP contribution is 2.26. The van der Waals surface area contributed by atoms with Gasteiger partial charge in [0.05, 0.1) is 24.8 Å². The second-order valence-corrected chi connectivity index (χ2v) is 5.33. The number of benzene rings is 1.